The van der Waals surface area contributed by atoms with Gasteiger partial charge in [-0.1, -0.05) is 6.07 Å². The van der Waals surface area contributed by atoms with Crippen LogP contribution in [0.3, 0.4) is 0 Å². The second-order valence-corrected chi connectivity index (χ2v) is 7.24. The molecule has 1 aromatic heterocycles. The molecular formula is C16H16ClNS. The van der Waals surface area contributed by atoms with E-state index in [2.05, 4.69) is 52.9 Å². The predicted octanol–water partition coefficient (Wildman–Crippen LogP) is 0.577. The van der Waals surface area contributed by atoms with Gasteiger partial charge in [0, 0.05) is 17.4 Å². The summed E-state index contributed by atoms with van der Waals surface area (Å²) in [6, 6.07) is 12.0. The van der Waals surface area contributed by atoms with Gasteiger partial charge in [-0.05, 0) is 43.4 Å². The number of benzene rings is 1. The standard InChI is InChI=1S/C16H16NS.ClH/c1-3-10-4-2-8-17-14(10)13(5-1)18-16-12-7-6-11(9-12)15(16)17;/h1-5,8,11-12,15-16H,6-7,9H2;1H/q+1;/p-1. The summed E-state index contributed by atoms with van der Waals surface area (Å²) in [4.78, 5) is 1.50. The number of hydrogen-bond donors (Lipinski definition) is 0. The van der Waals surface area contributed by atoms with Gasteiger partial charge in [-0.3, -0.25) is 0 Å². The van der Waals surface area contributed by atoms with Crippen molar-refractivity contribution in [3.8, 4) is 0 Å². The van der Waals surface area contributed by atoms with E-state index in [-0.39, 0.29) is 12.4 Å². The highest BCUT2D eigenvalue weighted by Crippen LogP contribution is 2.57. The number of thioether (sulfide) groups is 1. The number of halogens is 1. The van der Waals surface area contributed by atoms with Crippen molar-refractivity contribution in [2.75, 3.05) is 0 Å². The Hall–Kier alpha value is -0.730. The Morgan fingerprint density at radius 3 is 2.84 bits per heavy atom. The fourth-order valence-electron chi connectivity index (χ4n) is 4.51. The maximum Gasteiger partial charge on any atom is 0.226 e. The lowest BCUT2D eigenvalue weighted by atomic mass is 9.93. The fraction of sp³-hybridized carbons (Fsp3) is 0.438. The van der Waals surface area contributed by atoms with Crippen LogP contribution in [-0.4, -0.2) is 5.25 Å². The van der Waals surface area contributed by atoms with E-state index in [9.17, 15) is 0 Å². The number of hydrogen-bond acceptors (Lipinski definition) is 1. The molecule has 1 aliphatic heterocycles. The van der Waals surface area contributed by atoms with Crippen LogP contribution in [0.5, 0.6) is 0 Å². The van der Waals surface area contributed by atoms with Crippen molar-refractivity contribution in [1.82, 2.24) is 0 Å². The molecule has 0 radical (unpaired) electrons. The van der Waals surface area contributed by atoms with Gasteiger partial charge in [0.1, 0.15) is 0 Å². The molecule has 98 valence electrons. The first kappa shape index (κ1) is 12.0. The third-order valence-corrected chi connectivity index (χ3v) is 6.71. The highest BCUT2D eigenvalue weighted by Gasteiger charge is 2.55. The average Bonchev–Trinajstić information content (AvgIpc) is 3.01. The first-order valence-corrected chi connectivity index (χ1v) is 7.89. The van der Waals surface area contributed by atoms with Gasteiger partial charge in [0.05, 0.1) is 10.1 Å². The molecular weight excluding hydrogens is 274 g/mol. The molecule has 2 fully saturated rings. The fourth-order valence-corrected chi connectivity index (χ4v) is 6.23. The van der Waals surface area contributed by atoms with Gasteiger partial charge in [-0.15, -0.1) is 11.8 Å². The molecule has 0 N–H and O–H groups in total. The second kappa shape index (κ2) is 4.13. The minimum atomic E-state index is 0. The highest BCUT2D eigenvalue weighted by atomic mass is 35.5. The summed E-state index contributed by atoms with van der Waals surface area (Å²) >= 11 is 2.16. The number of nitrogens with zero attached hydrogens (tertiary/aromatic N) is 1. The summed E-state index contributed by atoms with van der Waals surface area (Å²) in [5, 5.41) is 2.25. The Balaban J connectivity index is 0.000000968. The van der Waals surface area contributed by atoms with Crippen LogP contribution in [-0.2, 0) is 0 Å². The topological polar surface area (TPSA) is 3.88 Å². The summed E-state index contributed by atoms with van der Waals surface area (Å²) in [6.07, 6.45) is 6.72. The molecule has 0 amide bonds. The summed E-state index contributed by atoms with van der Waals surface area (Å²) < 4.78 is 2.61. The molecule has 0 spiro atoms. The number of aromatic nitrogens is 1. The molecule has 2 aliphatic carbocycles. The van der Waals surface area contributed by atoms with Gasteiger partial charge in [0.2, 0.25) is 5.52 Å². The van der Waals surface area contributed by atoms with Crippen LogP contribution < -0.4 is 17.0 Å². The quantitative estimate of drug-likeness (QED) is 0.642. The first-order chi connectivity index (χ1) is 8.92. The van der Waals surface area contributed by atoms with Gasteiger partial charge in [0.15, 0.2) is 12.2 Å². The van der Waals surface area contributed by atoms with E-state index < -0.39 is 0 Å². The summed E-state index contributed by atoms with van der Waals surface area (Å²) in [5.41, 5.74) is 1.49. The van der Waals surface area contributed by atoms with Gasteiger partial charge >= 0.3 is 0 Å². The van der Waals surface area contributed by atoms with Crippen LogP contribution in [0.1, 0.15) is 25.3 Å². The second-order valence-electron chi connectivity index (χ2n) is 6.02. The lowest BCUT2D eigenvalue weighted by Gasteiger charge is -2.30. The van der Waals surface area contributed by atoms with E-state index >= 15 is 0 Å². The zero-order valence-electron chi connectivity index (χ0n) is 10.6. The molecule has 3 aliphatic rings. The van der Waals surface area contributed by atoms with Gasteiger partial charge in [-0.2, -0.15) is 4.57 Å². The van der Waals surface area contributed by atoms with Crippen molar-refractivity contribution in [2.24, 2.45) is 11.8 Å². The first-order valence-electron chi connectivity index (χ1n) is 7.01. The SMILES string of the molecule is [Cl-].c1cc2c3c(c1)ccc[n+]3C1C3CCC(C3)C1S2. The molecule has 4 unspecified atom stereocenters. The van der Waals surface area contributed by atoms with E-state index in [1.165, 1.54) is 35.1 Å². The lowest BCUT2D eigenvalue weighted by Crippen LogP contribution is -3.00. The van der Waals surface area contributed by atoms with E-state index in [4.69, 9.17) is 0 Å². The minimum absolute atomic E-state index is 0. The zero-order valence-corrected chi connectivity index (χ0v) is 12.2. The smallest absolute Gasteiger partial charge is 0.226 e. The Kier molecular flexibility index (Phi) is 2.62. The maximum absolute atomic E-state index is 2.61. The van der Waals surface area contributed by atoms with Crippen molar-refractivity contribution in [1.29, 1.82) is 0 Å². The third-order valence-electron chi connectivity index (χ3n) is 5.19. The number of fused-ring (bicyclic) bond motifs is 6. The Bertz CT molecular complexity index is 651. The summed E-state index contributed by atoms with van der Waals surface area (Å²) in [5.74, 6) is 1.91. The van der Waals surface area contributed by atoms with Gasteiger partial charge in [0.25, 0.3) is 0 Å². The van der Waals surface area contributed by atoms with Crippen molar-refractivity contribution in [3.05, 3.63) is 36.5 Å². The predicted molar refractivity (Wildman–Crippen MR) is 73.7 cm³/mol. The normalized spacial score (nSPS) is 34.1. The van der Waals surface area contributed by atoms with E-state index in [0.29, 0.717) is 0 Å². The molecule has 2 heterocycles. The molecule has 0 saturated heterocycles. The molecule has 1 aromatic carbocycles. The molecule has 2 aromatic rings. The Morgan fingerprint density at radius 1 is 1.05 bits per heavy atom. The zero-order chi connectivity index (χ0) is 11.7. The molecule has 4 atom stereocenters. The van der Waals surface area contributed by atoms with Crippen molar-refractivity contribution in [2.45, 2.75) is 35.4 Å². The molecule has 19 heavy (non-hydrogen) atoms. The van der Waals surface area contributed by atoms with Crippen molar-refractivity contribution < 1.29 is 17.0 Å². The van der Waals surface area contributed by atoms with Crippen molar-refractivity contribution in [3.63, 3.8) is 0 Å². The summed E-state index contributed by atoms with van der Waals surface area (Å²) in [6.45, 7) is 0. The highest BCUT2D eigenvalue weighted by molar-refractivity contribution is 8.00. The minimum Gasteiger partial charge on any atom is -1.00 e. The maximum atomic E-state index is 2.61. The third kappa shape index (κ3) is 1.47. The van der Waals surface area contributed by atoms with Gasteiger partial charge < -0.3 is 12.4 Å². The molecule has 3 heteroatoms. The van der Waals surface area contributed by atoms with Crippen molar-refractivity contribution >= 4 is 22.7 Å². The summed E-state index contributed by atoms with van der Waals surface area (Å²) in [7, 11) is 0. The Labute approximate surface area is 123 Å². The van der Waals surface area contributed by atoms with E-state index in [0.717, 1.165) is 23.1 Å². The molecule has 2 bridgehead atoms. The van der Waals surface area contributed by atoms with Crippen LogP contribution in [0.25, 0.3) is 10.9 Å². The monoisotopic (exact) mass is 289 g/mol. The Morgan fingerprint density at radius 2 is 1.89 bits per heavy atom. The van der Waals surface area contributed by atoms with E-state index in [1.54, 1.807) is 0 Å². The van der Waals surface area contributed by atoms with Crippen LogP contribution >= 0.6 is 11.8 Å². The van der Waals surface area contributed by atoms with Gasteiger partial charge in [-0.25, -0.2) is 0 Å². The number of rotatable bonds is 0. The van der Waals surface area contributed by atoms with Crippen LogP contribution in [0.15, 0.2) is 41.4 Å². The average molecular weight is 290 g/mol. The molecule has 5 rings (SSSR count). The van der Waals surface area contributed by atoms with E-state index in [1.807, 2.05) is 0 Å². The lowest BCUT2D eigenvalue weighted by molar-refractivity contribution is -0.705. The number of para-hydroxylation sites is 1. The number of pyridine rings is 1. The van der Waals surface area contributed by atoms with Crippen LogP contribution in [0.2, 0.25) is 0 Å². The van der Waals surface area contributed by atoms with Crippen LogP contribution in [0.4, 0.5) is 0 Å². The van der Waals surface area contributed by atoms with Crippen LogP contribution in [0, 0.1) is 11.8 Å². The largest absolute Gasteiger partial charge is 1.00 e. The molecule has 2 saturated carbocycles. The molecule has 1 nitrogen and oxygen atoms in total.